The fourth-order valence-electron chi connectivity index (χ4n) is 2.08. The first-order valence-corrected chi connectivity index (χ1v) is 7.85. The van der Waals surface area contributed by atoms with Crippen LogP contribution in [-0.2, 0) is 6.18 Å². The number of non-ortho nitro benzene ring substituents is 1. The van der Waals surface area contributed by atoms with E-state index in [2.05, 4.69) is 10.3 Å². The summed E-state index contributed by atoms with van der Waals surface area (Å²) in [6, 6.07) is 10.6. The number of hydrogen-bond donors (Lipinski definition) is 1. The van der Waals surface area contributed by atoms with E-state index < -0.39 is 16.7 Å². The number of anilines is 2. The van der Waals surface area contributed by atoms with Crippen molar-refractivity contribution in [2.24, 2.45) is 0 Å². The molecule has 0 radical (unpaired) electrons. The molecule has 25 heavy (non-hydrogen) atoms. The van der Waals surface area contributed by atoms with Crippen LogP contribution in [0.2, 0.25) is 0 Å². The van der Waals surface area contributed by atoms with Gasteiger partial charge in [0.1, 0.15) is 0 Å². The minimum absolute atomic E-state index is 0.0120. The van der Waals surface area contributed by atoms with E-state index in [0.717, 1.165) is 12.1 Å². The molecule has 0 amide bonds. The third kappa shape index (κ3) is 3.94. The van der Waals surface area contributed by atoms with Crippen molar-refractivity contribution in [3.05, 3.63) is 69.6 Å². The van der Waals surface area contributed by atoms with Crippen LogP contribution in [0.4, 0.5) is 29.7 Å². The third-order valence-corrected chi connectivity index (χ3v) is 4.10. The summed E-state index contributed by atoms with van der Waals surface area (Å²) in [5.41, 5.74) is 1.08. The number of nitrogens with zero attached hydrogens (tertiary/aromatic N) is 2. The Morgan fingerprint density at radius 1 is 1.04 bits per heavy atom. The second-order valence-electron chi connectivity index (χ2n) is 5.04. The Morgan fingerprint density at radius 2 is 1.68 bits per heavy atom. The molecule has 1 aromatic heterocycles. The zero-order valence-corrected chi connectivity index (χ0v) is 13.3. The molecule has 0 bridgehead atoms. The highest BCUT2D eigenvalue weighted by Crippen LogP contribution is 2.31. The molecule has 0 atom stereocenters. The second-order valence-corrected chi connectivity index (χ2v) is 5.90. The van der Waals surface area contributed by atoms with Crippen LogP contribution in [0.1, 0.15) is 5.56 Å². The number of rotatable bonds is 4. The number of nitro groups is 1. The topological polar surface area (TPSA) is 68.1 Å². The fourth-order valence-corrected chi connectivity index (χ4v) is 2.82. The lowest BCUT2D eigenvalue weighted by Gasteiger charge is -2.07. The van der Waals surface area contributed by atoms with E-state index in [4.69, 9.17) is 0 Å². The molecule has 0 aliphatic carbocycles. The maximum Gasteiger partial charge on any atom is 0.416 e. The number of alkyl halides is 3. The predicted octanol–water partition coefficient (Wildman–Crippen LogP) is 5.48. The molecule has 2 aromatic carbocycles. The lowest BCUT2D eigenvalue weighted by molar-refractivity contribution is -0.384. The summed E-state index contributed by atoms with van der Waals surface area (Å²) in [7, 11) is 0. The van der Waals surface area contributed by atoms with E-state index in [1.165, 1.54) is 35.6 Å². The summed E-state index contributed by atoms with van der Waals surface area (Å²) < 4.78 is 37.6. The number of hydrogen-bond acceptors (Lipinski definition) is 5. The number of halogens is 3. The van der Waals surface area contributed by atoms with Crippen molar-refractivity contribution in [1.82, 2.24) is 4.98 Å². The van der Waals surface area contributed by atoms with Crippen LogP contribution in [0.3, 0.4) is 0 Å². The van der Waals surface area contributed by atoms with Crippen LogP contribution >= 0.6 is 11.3 Å². The summed E-state index contributed by atoms with van der Waals surface area (Å²) in [5, 5.41) is 15.9. The number of nitrogens with one attached hydrogen (secondary N) is 1. The van der Waals surface area contributed by atoms with E-state index in [9.17, 15) is 23.3 Å². The Balaban J connectivity index is 1.74. The maximum atomic E-state index is 12.5. The van der Waals surface area contributed by atoms with E-state index >= 15 is 0 Å². The van der Waals surface area contributed by atoms with Crippen LogP contribution in [0.15, 0.2) is 53.9 Å². The molecule has 9 heteroatoms. The van der Waals surface area contributed by atoms with Crippen molar-refractivity contribution in [1.29, 1.82) is 0 Å². The van der Waals surface area contributed by atoms with Crippen LogP contribution in [0.25, 0.3) is 11.3 Å². The number of nitro benzene ring substituents is 1. The average Bonchev–Trinajstić information content (AvgIpc) is 3.03. The van der Waals surface area contributed by atoms with Crippen molar-refractivity contribution in [3.8, 4) is 11.3 Å². The monoisotopic (exact) mass is 365 g/mol. The number of aromatic nitrogens is 1. The van der Waals surface area contributed by atoms with Gasteiger partial charge in [-0.3, -0.25) is 10.1 Å². The van der Waals surface area contributed by atoms with Crippen molar-refractivity contribution >= 4 is 27.8 Å². The summed E-state index contributed by atoms with van der Waals surface area (Å²) in [6.07, 6.45) is -4.37. The van der Waals surface area contributed by atoms with Crippen molar-refractivity contribution in [2.45, 2.75) is 6.18 Å². The number of thiazole rings is 1. The zero-order chi connectivity index (χ0) is 18.0. The summed E-state index contributed by atoms with van der Waals surface area (Å²) in [6.45, 7) is 0. The van der Waals surface area contributed by atoms with Crippen LogP contribution in [-0.4, -0.2) is 9.91 Å². The van der Waals surface area contributed by atoms with Gasteiger partial charge >= 0.3 is 6.18 Å². The Bertz CT molecular complexity index is 890. The summed E-state index contributed by atoms with van der Waals surface area (Å²) in [4.78, 5) is 14.5. The highest BCUT2D eigenvalue weighted by atomic mass is 32.1. The molecule has 0 unspecified atom stereocenters. The van der Waals surface area contributed by atoms with Crippen LogP contribution < -0.4 is 5.32 Å². The van der Waals surface area contributed by atoms with Gasteiger partial charge in [0.05, 0.1) is 16.2 Å². The minimum atomic E-state index is -4.37. The first kappa shape index (κ1) is 16.9. The van der Waals surface area contributed by atoms with Gasteiger partial charge in [0, 0.05) is 28.8 Å². The van der Waals surface area contributed by atoms with Gasteiger partial charge in [-0.1, -0.05) is 0 Å². The normalized spacial score (nSPS) is 11.3. The number of benzene rings is 2. The smallest absolute Gasteiger partial charge is 0.332 e. The molecule has 0 spiro atoms. The highest BCUT2D eigenvalue weighted by Gasteiger charge is 2.29. The molecule has 1 N–H and O–H groups in total. The van der Waals surface area contributed by atoms with Crippen LogP contribution in [0, 0.1) is 10.1 Å². The fraction of sp³-hybridized carbons (Fsp3) is 0.0625. The Hall–Kier alpha value is -2.94. The van der Waals surface area contributed by atoms with Crippen molar-refractivity contribution in [2.75, 3.05) is 5.32 Å². The quantitative estimate of drug-likeness (QED) is 0.491. The zero-order valence-electron chi connectivity index (χ0n) is 12.4. The molecular weight excluding hydrogens is 355 g/mol. The Kier molecular flexibility index (Phi) is 4.41. The van der Waals surface area contributed by atoms with E-state index in [0.29, 0.717) is 22.1 Å². The van der Waals surface area contributed by atoms with Gasteiger partial charge < -0.3 is 5.32 Å². The average molecular weight is 365 g/mol. The molecule has 1 heterocycles. The molecule has 0 aliphatic rings. The van der Waals surface area contributed by atoms with Gasteiger partial charge in [-0.2, -0.15) is 13.2 Å². The maximum absolute atomic E-state index is 12.5. The summed E-state index contributed by atoms with van der Waals surface area (Å²) in [5.74, 6) is 0. The molecule has 128 valence electrons. The second kappa shape index (κ2) is 6.52. The standard InChI is InChI=1S/C16H10F3N3O2S/c17-16(18,19)11-3-5-12(6-4-11)20-15-21-14(9-25-15)10-1-7-13(8-2-10)22(23)24/h1-9H,(H,20,21). The van der Waals surface area contributed by atoms with E-state index in [1.54, 1.807) is 17.5 Å². The molecule has 5 nitrogen and oxygen atoms in total. The van der Waals surface area contributed by atoms with Gasteiger partial charge in [0.2, 0.25) is 0 Å². The first-order valence-electron chi connectivity index (χ1n) is 6.97. The first-order chi connectivity index (χ1) is 11.8. The predicted molar refractivity (Wildman–Crippen MR) is 88.9 cm³/mol. The van der Waals surface area contributed by atoms with Gasteiger partial charge in [0.15, 0.2) is 5.13 Å². The molecule has 3 aromatic rings. The molecule has 3 rings (SSSR count). The van der Waals surface area contributed by atoms with Gasteiger partial charge in [0.25, 0.3) is 5.69 Å². The Morgan fingerprint density at radius 3 is 2.24 bits per heavy atom. The Labute approximate surface area is 143 Å². The molecule has 0 aliphatic heterocycles. The van der Waals surface area contributed by atoms with Gasteiger partial charge in [-0.15, -0.1) is 11.3 Å². The lowest BCUT2D eigenvalue weighted by Crippen LogP contribution is -2.04. The lowest BCUT2D eigenvalue weighted by atomic mass is 10.1. The molecule has 0 fully saturated rings. The molecule has 0 saturated carbocycles. The highest BCUT2D eigenvalue weighted by molar-refractivity contribution is 7.14. The molecular formula is C16H10F3N3O2S. The van der Waals surface area contributed by atoms with Crippen LogP contribution in [0.5, 0.6) is 0 Å². The molecule has 0 saturated heterocycles. The third-order valence-electron chi connectivity index (χ3n) is 3.34. The minimum Gasteiger partial charge on any atom is -0.332 e. The van der Waals surface area contributed by atoms with E-state index in [-0.39, 0.29) is 5.69 Å². The van der Waals surface area contributed by atoms with Crippen molar-refractivity contribution in [3.63, 3.8) is 0 Å². The van der Waals surface area contributed by atoms with E-state index in [1.807, 2.05) is 0 Å². The SMILES string of the molecule is O=[N+]([O-])c1ccc(-c2csc(Nc3ccc(C(F)(F)F)cc3)n2)cc1. The van der Waals surface area contributed by atoms with Crippen molar-refractivity contribution < 1.29 is 18.1 Å². The van der Waals surface area contributed by atoms with Gasteiger partial charge in [-0.05, 0) is 36.4 Å². The largest absolute Gasteiger partial charge is 0.416 e. The summed E-state index contributed by atoms with van der Waals surface area (Å²) >= 11 is 1.28. The van der Waals surface area contributed by atoms with Gasteiger partial charge in [-0.25, -0.2) is 4.98 Å².